The van der Waals surface area contributed by atoms with Crippen LogP contribution in [0.4, 0.5) is 0 Å². The summed E-state index contributed by atoms with van der Waals surface area (Å²) >= 11 is 0. The molecule has 0 fully saturated rings. The fourth-order valence-electron chi connectivity index (χ4n) is 8.24. The van der Waals surface area contributed by atoms with Gasteiger partial charge in [0.25, 0.3) is 0 Å². The summed E-state index contributed by atoms with van der Waals surface area (Å²) in [5, 5.41) is 14.7. The summed E-state index contributed by atoms with van der Waals surface area (Å²) in [6.07, 6.45) is 3.85. The van der Waals surface area contributed by atoms with Gasteiger partial charge in [0, 0.05) is 48.7 Å². The van der Waals surface area contributed by atoms with Gasteiger partial charge in [0.05, 0.1) is 22.2 Å². The van der Waals surface area contributed by atoms with Crippen LogP contribution in [0.5, 0.6) is 0 Å². The largest absolute Gasteiger partial charge is 0.498 e. The quantitative estimate of drug-likeness (QED) is 0.165. The van der Waals surface area contributed by atoms with Crippen LogP contribution in [0.25, 0.3) is 71.9 Å². The number of para-hydroxylation sites is 2. The van der Waals surface area contributed by atoms with Gasteiger partial charge in [-0.2, -0.15) is 5.26 Å². The van der Waals surface area contributed by atoms with E-state index in [1.807, 2.05) is 42.7 Å². The van der Waals surface area contributed by atoms with Crippen molar-refractivity contribution in [3.8, 4) is 34.3 Å². The van der Waals surface area contributed by atoms with Crippen molar-refractivity contribution >= 4 is 43.7 Å². The van der Waals surface area contributed by atoms with Crippen LogP contribution in [-0.4, -0.2) is 14.5 Å². The van der Waals surface area contributed by atoms with Gasteiger partial charge in [-0.3, -0.25) is 0 Å². The summed E-state index contributed by atoms with van der Waals surface area (Å²) in [6, 6.07) is 46.9. The number of benzene rings is 5. The molecule has 0 bridgehead atoms. The predicted octanol–water partition coefficient (Wildman–Crippen LogP) is 15.2. The van der Waals surface area contributed by atoms with Crippen molar-refractivity contribution in [1.82, 2.24) is 14.5 Å². The number of hydrogen-bond acceptors (Lipinski definition) is 4. The minimum absolute atomic E-state index is 0. The molecule has 0 saturated carbocycles. The summed E-state index contributed by atoms with van der Waals surface area (Å²) in [5.41, 5.74) is 13.5. The Morgan fingerprint density at radius 2 is 1.21 bits per heavy atom. The van der Waals surface area contributed by atoms with Crippen LogP contribution in [0.15, 0.2) is 126 Å². The molecule has 4 heterocycles. The van der Waals surface area contributed by atoms with Gasteiger partial charge < -0.3 is 19.0 Å². The maximum absolute atomic E-state index is 10.4. The standard InChI is InChI=1S/C38H32N3O.C19H24N.Ir/c1-37(2,3)24-19-20-40-30(21-24)27-17-18-29(38(4,5)6)33-28-16-15-23(22-39)34(36(28)42-35(27)33)41-31-13-9-7-11-25(31)26-12-8-10-14-32(26)41;1-18(2,3)15-9-7-8-14(12-15)17-11-10-16(13-20-17)19(4,5)6;/h7-16,18-21H,1-6H3;7,9-13H,1-6H3;/q2*-1;. The molecule has 6 heteroatoms. The molecule has 0 aliphatic rings. The van der Waals surface area contributed by atoms with E-state index in [2.05, 4.69) is 190 Å². The third-order valence-electron chi connectivity index (χ3n) is 11.9. The molecule has 0 atom stereocenters. The topological polar surface area (TPSA) is 67.6 Å². The van der Waals surface area contributed by atoms with Crippen molar-refractivity contribution in [3.63, 3.8) is 0 Å². The Bertz CT molecular complexity index is 3120. The van der Waals surface area contributed by atoms with Gasteiger partial charge in [-0.05, 0) is 68.4 Å². The average Bonchev–Trinajstić information content (AvgIpc) is 3.78. The van der Waals surface area contributed by atoms with Crippen LogP contribution in [0.3, 0.4) is 0 Å². The molecule has 0 unspecified atom stereocenters. The minimum Gasteiger partial charge on any atom is -0.498 e. The summed E-state index contributed by atoms with van der Waals surface area (Å²) in [7, 11) is 0. The molecule has 5 nitrogen and oxygen atoms in total. The number of nitrogens with zero attached hydrogens (tertiary/aromatic N) is 4. The van der Waals surface area contributed by atoms with Crippen molar-refractivity contribution in [2.75, 3.05) is 0 Å². The van der Waals surface area contributed by atoms with Crippen LogP contribution in [-0.2, 0) is 41.8 Å². The van der Waals surface area contributed by atoms with E-state index in [9.17, 15) is 5.26 Å². The molecule has 63 heavy (non-hydrogen) atoms. The third kappa shape index (κ3) is 8.62. The number of pyridine rings is 2. The Morgan fingerprint density at radius 3 is 1.78 bits per heavy atom. The second kappa shape index (κ2) is 16.7. The fourth-order valence-corrected chi connectivity index (χ4v) is 8.24. The van der Waals surface area contributed by atoms with Crippen molar-refractivity contribution in [2.24, 2.45) is 0 Å². The first-order valence-electron chi connectivity index (χ1n) is 21.5. The van der Waals surface area contributed by atoms with E-state index in [0.717, 1.165) is 71.9 Å². The molecule has 5 aromatic carbocycles. The van der Waals surface area contributed by atoms with Gasteiger partial charge in [0.1, 0.15) is 17.3 Å². The number of furan rings is 1. The Balaban J connectivity index is 0.000000239. The number of nitriles is 1. The van der Waals surface area contributed by atoms with Crippen LogP contribution in [0.2, 0.25) is 0 Å². The van der Waals surface area contributed by atoms with Crippen LogP contribution in [0.1, 0.15) is 111 Å². The normalized spacial score (nSPS) is 12.3. The van der Waals surface area contributed by atoms with E-state index in [1.165, 1.54) is 16.7 Å². The van der Waals surface area contributed by atoms with Gasteiger partial charge in [-0.25, -0.2) is 0 Å². The van der Waals surface area contributed by atoms with Crippen molar-refractivity contribution in [3.05, 3.63) is 162 Å². The zero-order valence-electron chi connectivity index (χ0n) is 38.6. The molecule has 321 valence electrons. The Hall–Kier alpha value is -5.86. The molecule has 4 aromatic heterocycles. The predicted molar refractivity (Wildman–Crippen MR) is 258 cm³/mol. The number of hydrogen-bond donors (Lipinski definition) is 0. The molecule has 9 aromatic rings. The van der Waals surface area contributed by atoms with Gasteiger partial charge in [0.15, 0.2) is 0 Å². The molecular weight excluding hydrogens is 949 g/mol. The van der Waals surface area contributed by atoms with Gasteiger partial charge in [-0.1, -0.05) is 155 Å². The van der Waals surface area contributed by atoms with E-state index in [4.69, 9.17) is 9.40 Å². The maximum atomic E-state index is 10.4. The zero-order valence-corrected chi connectivity index (χ0v) is 41.0. The molecular formula is C57H56IrN4O-2. The zero-order chi connectivity index (χ0) is 44.4. The van der Waals surface area contributed by atoms with Crippen LogP contribution < -0.4 is 0 Å². The van der Waals surface area contributed by atoms with Crippen molar-refractivity contribution in [1.29, 1.82) is 5.26 Å². The van der Waals surface area contributed by atoms with E-state index in [0.29, 0.717) is 11.1 Å². The maximum Gasteiger partial charge on any atom is 0.146 e. The third-order valence-corrected chi connectivity index (χ3v) is 11.9. The summed E-state index contributed by atoms with van der Waals surface area (Å²) in [5.74, 6) is 0. The average molecular weight is 1010 g/mol. The van der Waals surface area contributed by atoms with E-state index in [1.54, 1.807) is 0 Å². The van der Waals surface area contributed by atoms with Crippen LogP contribution in [0, 0.1) is 23.5 Å². The summed E-state index contributed by atoms with van der Waals surface area (Å²) in [6.45, 7) is 26.5. The second-order valence-electron chi connectivity index (χ2n) is 20.6. The number of aromatic nitrogens is 3. The molecule has 0 saturated heterocycles. The van der Waals surface area contributed by atoms with Crippen molar-refractivity contribution in [2.45, 2.75) is 105 Å². The molecule has 1 radical (unpaired) electrons. The molecule has 0 amide bonds. The Kier molecular flexibility index (Phi) is 12.0. The molecule has 0 N–H and O–H groups in total. The molecule has 9 rings (SSSR count). The van der Waals surface area contributed by atoms with Crippen molar-refractivity contribution < 1.29 is 24.5 Å². The van der Waals surface area contributed by atoms with E-state index >= 15 is 0 Å². The fraction of sp³-hybridized carbons (Fsp3) is 0.281. The SMILES string of the molecule is CC(C)(C)c1ccc(-c2[c-]ccc(C(C)(C)C)c2)nc1.CC(C)(C)c1ccnc(-c2[c-]cc(C(C)(C)C)c3c2oc2c(-n4c5ccccc5c5ccccc54)c(C#N)ccc23)c1.[Ir]. The summed E-state index contributed by atoms with van der Waals surface area (Å²) in [4.78, 5) is 9.38. The Morgan fingerprint density at radius 1 is 0.587 bits per heavy atom. The molecule has 0 aliphatic carbocycles. The Labute approximate surface area is 386 Å². The van der Waals surface area contributed by atoms with Gasteiger partial charge in [0.2, 0.25) is 0 Å². The minimum atomic E-state index is -0.161. The smallest absolute Gasteiger partial charge is 0.146 e. The van der Waals surface area contributed by atoms with Crippen LogP contribution >= 0.6 is 0 Å². The summed E-state index contributed by atoms with van der Waals surface area (Å²) < 4.78 is 9.14. The monoisotopic (exact) mass is 1010 g/mol. The molecule has 0 aliphatic heterocycles. The first-order chi connectivity index (χ1) is 29.3. The first-order valence-corrected chi connectivity index (χ1v) is 21.5. The first kappa shape index (κ1) is 45.2. The second-order valence-corrected chi connectivity index (χ2v) is 20.6. The van der Waals surface area contributed by atoms with E-state index in [-0.39, 0.29) is 41.8 Å². The van der Waals surface area contributed by atoms with E-state index < -0.39 is 0 Å². The molecule has 0 spiro atoms. The van der Waals surface area contributed by atoms with Gasteiger partial charge >= 0.3 is 0 Å². The number of fused-ring (bicyclic) bond motifs is 6. The number of rotatable bonds is 3. The van der Waals surface area contributed by atoms with Gasteiger partial charge in [-0.15, -0.1) is 53.1 Å².